The van der Waals surface area contributed by atoms with Gasteiger partial charge < -0.3 is 10.1 Å². The van der Waals surface area contributed by atoms with Crippen molar-refractivity contribution >= 4 is 5.97 Å². The van der Waals surface area contributed by atoms with E-state index in [0.29, 0.717) is 18.9 Å². The van der Waals surface area contributed by atoms with Crippen LogP contribution in [0.1, 0.15) is 48.0 Å². The maximum Gasteiger partial charge on any atom is 0.306 e. The molecule has 0 aliphatic rings. The lowest BCUT2D eigenvalue weighted by atomic mass is 10.1. The summed E-state index contributed by atoms with van der Waals surface area (Å²) in [6.45, 7) is 13.2. The van der Waals surface area contributed by atoms with Crippen molar-refractivity contribution in [3.63, 3.8) is 0 Å². The van der Waals surface area contributed by atoms with Crippen molar-refractivity contribution in [2.24, 2.45) is 5.92 Å². The maximum atomic E-state index is 10.9. The number of likely N-dealkylation sites (N-methyl/N-ethyl adjacent to an activating group) is 1. The third kappa shape index (κ3) is 24.7. The molecule has 0 bridgehead atoms. The molecule has 15 heavy (non-hydrogen) atoms. The first-order chi connectivity index (χ1) is 7.16. The van der Waals surface area contributed by atoms with E-state index >= 15 is 0 Å². The molecular weight excluding hydrogens is 190 g/mol. The molecule has 94 valence electrons. The molecule has 0 aliphatic carbocycles. The molecule has 0 aromatic carbocycles. The number of esters is 1. The predicted molar refractivity (Wildman–Crippen MR) is 67.0 cm³/mol. The van der Waals surface area contributed by atoms with E-state index in [1.165, 1.54) is 0 Å². The molecule has 3 heteroatoms. The second kappa shape index (κ2) is 19.1. The number of ether oxygens (including phenoxy) is 1. The minimum Gasteiger partial charge on any atom is -0.464 e. The van der Waals surface area contributed by atoms with Gasteiger partial charge in [-0.2, -0.15) is 0 Å². The normalized spacial score (nSPS) is 8.27. The Balaban J connectivity index is -0.000000318. The fraction of sp³-hybridized carbons (Fsp3) is 0.917. The van der Waals surface area contributed by atoms with Crippen LogP contribution in [0.15, 0.2) is 0 Å². The largest absolute Gasteiger partial charge is 0.464 e. The van der Waals surface area contributed by atoms with Gasteiger partial charge in [-0.05, 0) is 13.0 Å². The molecular formula is C12H29NO2. The van der Waals surface area contributed by atoms with Crippen molar-refractivity contribution in [1.29, 1.82) is 0 Å². The molecule has 1 N–H and O–H groups in total. The molecule has 0 aliphatic heterocycles. The van der Waals surface area contributed by atoms with Gasteiger partial charge in [0.05, 0.1) is 0 Å². The molecule has 0 radical (unpaired) electrons. The minimum atomic E-state index is -0.102. The standard InChI is InChI=1S/C8H17NO2.2C2H6/c1-7(2)6-8(10)11-5-4-9-3;2*1-2/h7,9H,4-6H2,1-3H3;2*1-2H3. The molecule has 0 aromatic heterocycles. The number of hydrogen-bond donors (Lipinski definition) is 1. The molecule has 0 heterocycles. The summed E-state index contributed by atoms with van der Waals surface area (Å²) in [5.74, 6) is 0.285. The number of rotatable bonds is 5. The summed E-state index contributed by atoms with van der Waals surface area (Å²) >= 11 is 0. The molecule has 0 spiro atoms. The van der Waals surface area contributed by atoms with Crippen LogP contribution in [0.25, 0.3) is 0 Å². The highest BCUT2D eigenvalue weighted by molar-refractivity contribution is 5.69. The van der Waals surface area contributed by atoms with Crippen LogP contribution in [-0.2, 0) is 9.53 Å². The quantitative estimate of drug-likeness (QED) is 0.571. The number of nitrogens with one attached hydrogen (secondary N) is 1. The fourth-order valence-electron chi connectivity index (χ4n) is 0.659. The zero-order chi connectivity index (χ0) is 12.7. The molecule has 0 saturated carbocycles. The van der Waals surface area contributed by atoms with Crippen LogP contribution in [0.5, 0.6) is 0 Å². The molecule has 0 rings (SSSR count). The van der Waals surface area contributed by atoms with Crippen molar-refractivity contribution in [1.82, 2.24) is 5.32 Å². The van der Waals surface area contributed by atoms with Crippen LogP contribution >= 0.6 is 0 Å². The van der Waals surface area contributed by atoms with Crippen LogP contribution in [0.3, 0.4) is 0 Å². The first kappa shape index (κ1) is 19.9. The Kier molecular flexibility index (Phi) is 25.3. The van der Waals surface area contributed by atoms with E-state index in [-0.39, 0.29) is 5.97 Å². The second-order valence-electron chi connectivity index (χ2n) is 2.92. The van der Waals surface area contributed by atoms with E-state index in [2.05, 4.69) is 5.32 Å². The van der Waals surface area contributed by atoms with Crippen molar-refractivity contribution in [3.05, 3.63) is 0 Å². The van der Waals surface area contributed by atoms with Gasteiger partial charge in [0, 0.05) is 13.0 Å². The Morgan fingerprint density at radius 1 is 1.20 bits per heavy atom. The number of carbonyl (C=O) groups is 1. The lowest BCUT2D eigenvalue weighted by molar-refractivity contribution is -0.144. The van der Waals surface area contributed by atoms with Gasteiger partial charge in [0.2, 0.25) is 0 Å². The van der Waals surface area contributed by atoms with Crippen molar-refractivity contribution < 1.29 is 9.53 Å². The van der Waals surface area contributed by atoms with E-state index in [1.807, 2.05) is 48.6 Å². The van der Waals surface area contributed by atoms with Crippen molar-refractivity contribution in [3.8, 4) is 0 Å². The summed E-state index contributed by atoms with van der Waals surface area (Å²) in [5, 5.41) is 2.90. The van der Waals surface area contributed by atoms with Gasteiger partial charge in [0.25, 0.3) is 0 Å². The third-order valence-electron chi connectivity index (χ3n) is 1.19. The number of carbonyl (C=O) groups excluding carboxylic acids is 1. The Morgan fingerprint density at radius 3 is 2.00 bits per heavy atom. The summed E-state index contributed by atoms with van der Waals surface area (Å²) in [4.78, 5) is 10.9. The monoisotopic (exact) mass is 219 g/mol. The maximum absolute atomic E-state index is 10.9. The van der Waals surface area contributed by atoms with Gasteiger partial charge in [-0.1, -0.05) is 41.5 Å². The van der Waals surface area contributed by atoms with E-state index in [0.717, 1.165) is 6.54 Å². The van der Waals surface area contributed by atoms with Crippen LogP contribution in [0, 0.1) is 5.92 Å². The summed E-state index contributed by atoms with van der Waals surface area (Å²) in [7, 11) is 1.83. The molecule has 3 nitrogen and oxygen atoms in total. The summed E-state index contributed by atoms with van der Waals surface area (Å²) < 4.78 is 4.89. The second-order valence-corrected chi connectivity index (χ2v) is 2.92. The smallest absolute Gasteiger partial charge is 0.306 e. The molecule has 0 fully saturated rings. The first-order valence-corrected chi connectivity index (χ1v) is 5.97. The van der Waals surface area contributed by atoms with Gasteiger partial charge in [0.15, 0.2) is 0 Å². The lowest BCUT2D eigenvalue weighted by Gasteiger charge is -2.05. The van der Waals surface area contributed by atoms with Gasteiger partial charge in [-0.3, -0.25) is 4.79 Å². The van der Waals surface area contributed by atoms with Gasteiger partial charge >= 0.3 is 5.97 Å². The van der Waals surface area contributed by atoms with E-state index in [1.54, 1.807) is 0 Å². The van der Waals surface area contributed by atoms with Crippen LogP contribution in [0.4, 0.5) is 0 Å². The minimum absolute atomic E-state index is 0.102. The van der Waals surface area contributed by atoms with Gasteiger partial charge in [0.1, 0.15) is 6.61 Å². The topological polar surface area (TPSA) is 38.3 Å². The van der Waals surface area contributed by atoms with Crippen molar-refractivity contribution in [2.75, 3.05) is 20.2 Å². The molecule has 0 aromatic rings. The summed E-state index contributed by atoms with van der Waals surface area (Å²) in [5.41, 5.74) is 0. The Hall–Kier alpha value is -0.570. The van der Waals surface area contributed by atoms with Crippen molar-refractivity contribution in [2.45, 2.75) is 48.0 Å². The molecule has 0 unspecified atom stereocenters. The molecule has 0 saturated heterocycles. The zero-order valence-corrected chi connectivity index (χ0v) is 11.5. The van der Waals surface area contributed by atoms with E-state index in [4.69, 9.17) is 4.74 Å². The highest BCUT2D eigenvalue weighted by atomic mass is 16.5. The third-order valence-corrected chi connectivity index (χ3v) is 1.19. The van der Waals surface area contributed by atoms with Crippen LogP contribution < -0.4 is 5.32 Å². The summed E-state index contributed by atoms with van der Waals surface area (Å²) in [6.07, 6.45) is 0.518. The Bertz CT molecular complexity index is 114. The zero-order valence-electron chi connectivity index (χ0n) is 11.5. The van der Waals surface area contributed by atoms with E-state index in [9.17, 15) is 4.79 Å². The average molecular weight is 219 g/mol. The molecule has 0 atom stereocenters. The number of hydrogen-bond acceptors (Lipinski definition) is 3. The van der Waals surface area contributed by atoms with Gasteiger partial charge in [-0.25, -0.2) is 0 Å². The molecule has 0 amide bonds. The SMILES string of the molecule is CC.CC.CNCCOC(=O)CC(C)C. The highest BCUT2D eigenvalue weighted by Crippen LogP contribution is 2.00. The van der Waals surface area contributed by atoms with Gasteiger partial charge in [-0.15, -0.1) is 0 Å². The van der Waals surface area contributed by atoms with Crippen LogP contribution in [-0.4, -0.2) is 26.2 Å². The average Bonchev–Trinajstić information content (AvgIpc) is 2.23. The van der Waals surface area contributed by atoms with E-state index < -0.39 is 0 Å². The Labute approximate surface area is 95.6 Å². The highest BCUT2D eigenvalue weighted by Gasteiger charge is 2.04. The predicted octanol–water partition coefficient (Wildman–Crippen LogP) is 2.85. The lowest BCUT2D eigenvalue weighted by Crippen LogP contribution is -2.17. The summed E-state index contributed by atoms with van der Waals surface area (Å²) in [6, 6.07) is 0. The fourth-order valence-corrected chi connectivity index (χ4v) is 0.659. The first-order valence-electron chi connectivity index (χ1n) is 5.97. The Morgan fingerprint density at radius 2 is 1.67 bits per heavy atom. The van der Waals surface area contributed by atoms with Crippen LogP contribution in [0.2, 0.25) is 0 Å².